The standard InChI is InChI=1S/C16H12FN3O2/c17-11-3-1-2-10(6-11)15-8-22-16(21)20(15)12-4-5-13-14(7-12)19-9-18-13/h1-7,9,15H,8H2,(H,18,19). The maximum atomic E-state index is 13.5. The number of H-pyrrole nitrogens is 1. The van der Waals surface area contributed by atoms with Crippen molar-refractivity contribution in [2.75, 3.05) is 11.5 Å². The van der Waals surface area contributed by atoms with Crippen molar-refractivity contribution < 1.29 is 13.9 Å². The van der Waals surface area contributed by atoms with E-state index in [1.807, 2.05) is 18.2 Å². The molecule has 0 bridgehead atoms. The van der Waals surface area contributed by atoms with Crippen LogP contribution in [0, 0.1) is 5.82 Å². The van der Waals surface area contributed by atoms with Crippen molar-refractivity contribution in [1.29, 1.82) is 0 Å². The van der Waals surface area contributed by atoms with Crippen LogP contribution in [-0.2, 0) is 4.74 Å². The predicted octanol–water partition coefficient (Wildman–Crippen LogP) is 3.40. The number of ether oxygens (including phenoxy) is 1. The van der Waals surface area contributed by atoms with Gasteiger partial charge in [-0.15, -0.1) is 0 Å². The first-order valence-electron chi connectivity index (χ1n) is 6.87. The molecule has 0 saturated carbocycles. The third kappa shape index (κ3) is 2.00. The zero-order valence-electron chi connectivity index (χ0n) is 11.5. The summed E-state index contributed by atoms with van der Waals surface area (Å²) < 4.78 is 18.6. The minimum atomic E-state index is -0.437. The number of carbonyl (C=O) groups is 1. The van der Waals surface area contributed by atoms with Crippen LogP contribution in [0.5, 0.6) is 0 Å². The number of hydrogen-bond donors (Lipinski definition) is 1. The summed E-state index contributed by atoms with van der Waals surface area (Å²) in [6, 6.07) is 11.3. The molecule has 1 amide bonds. The molecule has 1 aliphatic heterocycles. The summed E-state index contributed by atoms with van der Waals surface area (Å²) in [6.07, 6.45) is 1.16. The van der Waals surface area contributed by atoms with Gasteiger partial charge in [0.05, 0.1) is 29.1 Å². The summed E-state index contributed by atoms with van der Waals surface area (Å²) in [5.74, 6) is -0.333. The summed E-state index contributed by atoms with van der Waals surface area (Å²) in [5, 5.41) is 0. The Morgan fingerprint density at radius 3 is 3.05 bits per heavy atom. The quantitative estimate of drug-likeness (QED) is 0.788. The maximum Gasteiger partial charge on any atom is 0.415 e. The monoisotopic (exact) mass is 297 g/mol. The molecule has 5 nitrogen and oxygen atoms in total. The van der Waals surface area contributed by atoms with E-state index in [9.17, 15) is 9.18 Å². The second kappa shape index (κ2) is 4.84. The van der Waals surface area contributed by atoms with Gasteiger partial charge in [-0.3, -0.25) is 4.90 Å². The first-order valence-corrected chi connectivity index (χ1v) is 6.87. The van der Waals surface area contributed by atoms with Crippen LogP contribution >= 0.6 is 0 Å². The van der Waals surface area contributed by atoms with Crippen molar-refractivity contribution in [1.82, 2.24) is 9.97 Å². The number of fused-ring (bicyclic) bond motifs is 1. The number of aromatic amines is 1. The lowest BCUT2D eigenvalue weighted by atomic mass is 10.1. The Morgan fingerprint density at radius 1 is 1.27 bits per heavy atom. The van der Waals surface area contributed by atoms with Crippen molar-refractivity contribution in [2.45, 2.75) is 6.04 Å². The van der Waals surface area contributed by atoms with Gasteiger partial charge in [0.15, 0.2) is 0 Å². The molecule has 1 saturated heterocycles. The van der Waals surface area contributed by atoms with Crippen LogP contribution < -0.4 is 4.90 Å². The highest BCUT2D eigenvalue weighted by atomic mass is 19.1. The van der Waals surface area contributed by atoms with Crippen LogP contribution in [0.1, 0.15) is 11.6 Å². The normalized spacial score (nSPS) is 18.0. The minimum absolute atomic E-state index is 0.198. The number of hydrogen-bond acceptors (Lipinski definition) is 3. The number of cyclic esters (lactones) is 1. The van der Waals surface area contributed by atoms with Gasteiger partial charge in [-0.25, -0.2) is 14.2 Å². The van der Waals surface area contributed by atoms with Crippen LogP contribution in [0.3, 0.4) is 0 Å². The van der Waals surface area contributed by atoms with Crippen molar-refractivity contribution in [3.05, 3.63) is 60.2 Å². The summed E-state index contributed by atoms with van der Waals surface area (Å²) in [4.78, 5) is 20.8. The van der Waals surface area contributed by atoms with Crippen molar-refractivity contribution in [3.8, 4) is 0 Å². The number of carbonyl (C=O) groups excluding carboxylic acids is 1. The van der Waals surface area contributed by atoms with Gasteiger partial charge in [0.2, 0.25) is 0 Å². The topological polar surface area (TPSA) is 58.2 Å². The molecule has 3 aromatic rings. The lowest BCUT2D eigenvalue weighted by Gasteiger charge is -2.21. The van der Waals surface area contributed by atoms with Gasteiger partial charge in [0.25, 0.3) is 0 Å². The van der Waals surface area contributed by atoms with E-state index < -0.39 is 6.09 Å². The van der Waals surface area contributed by atoms with E-state index in [0.29, 0.717) is 11.3 Å². The van der Waals surface area contributed by atoms with E-state index in [4.69, 9.17) is 4.74 Å². The largest absolute Gasteiger partial charge is 0.447 e. The van der Waals surface area contributed by atoms with Gasteiger partial charge in [-0.2, -0.15) is 0 Å². The number of imidazole rings is 1. The number of amides is 1. The highest BCUT2D eigenvalue weighted by molar-refractivity contribution is 5.93. The maximum absolute atomic E-state index is 13.5. The molecule has 110 valence electrons. The Balaban J connectivity index is 1.78. The summed E-state index contributed by atoms with van der Waals surface area (Å²) in [6.45, 7) is 0.198. The minimum Gasteiger partial charge on any atom is -0.447 e. The van der Waals surface area contributed by atoms with Gasteiger partial charge in [-0.05, 0) is 35.9 Å². The highest BCUT2D eigenvalue weighted by Crippen LogP contribution is 2.34. The second-order valence-electron chi connectivity index (χ2n) is 5.12. The Labute approximate surface area is 125 Å². The molecule has 4 rings (SSSR count). The average molecular weight is 297 g/mol. The number of halogens is 1. The molecule has 1 fully saturated rings. The van der Waals surface area contributed by atoms with Crippen LogP contribution in [-0.4, -0.2) is 22.7 Å². The van der Waals surface area contributed by atoms with Crippen LogP contribution in [0.2, 0.25) is 0 Å². The third-order valence-electron chi connectivity index (χ3n) is 3.79. The fourth-order valence-corrected chi connectivity index (χ4v) is 2.74. The van der Waals surface area contributed by atoms with Crippen molar-refractivity contribution >= 4 is 22.8 Å². The van der Waals surface area contributed by atoms with E-state index in [-0.39, 0.29) is 18.5 Å². The van der Waals surface area contributed by atoms with Gasteiger partial charge < -0.3 is 9.72 Å². The fourth-order valence-electron chi connectivity index (χ4n) is 2.74. The van der Waals surface area contributed by atoms with E-state index in [2.05, 4.69) is 9.97 Å². The first-order chi connectivity index (χ1) is 10.7. The molecule has 6 heteroatoms. The molecule has 1 N–H and O–H groups in total. The molecule has 1 aromatic heterocycles. The number of rotatable bonds is 2. The zero-order chi connectivity index (χ0) is 15.1. The Morgan fingerprint density at radius 2 is 2.18 bits per heavy atom. The molecule has 2 aromatic carbocycles. The second-order valence-corrected chi connectivity index (χ2v) is 5.12. The van der Waals surface area contributed by atoms with Crippen LogP contribution in [0.25, 0.3) is 11.0 Å². The van der Waals surface area contributed by atoms with Crippen molar-refractivity contribution in [3.63, 3.8) is 0 Å². The fraction of sp³-hybridized carbons (Fsp3) is 0.125. The predicted molar refractivity (Wildman–Crippen MR) is 79.1 cm³/mol. The summed E-state index contributed by atoms with van der Waals surface area (Å²) >= 11 is 0. The van der Waals surface area contributed by atoms with Crippen molar-refractivity contribution in [2.24, 2.45) is 0 Å². The number of nitrogens with one attached hydrogen (secondary N) is 1. The number of benzene rings is 2. The molecule has 0 spiro atoms. The Kier molecular flexibility index (Phi) is 2.82. The third-order valence-corrected chi connectivity index (χ3v) is 3.79. The molecular formula is C16H12FN3O2. The van der Waals surface area contributed by atoms with Crippen LogP contribution in [0.4, 0.5) is 14.9 Å². The SMILES string of the molecule is O=C1OCC(c2cccc(F)c2)N1c1ccc2nc[nH]c2c1. The average Bonchev–Trinajstić information content (AvgIpc) is 3.12. The molecule has 22 heavy (non-hydrogen) atoms. The summed E-state index contributed by atoms with van der Waals surface area (Å²) in [7, 11) is 0. The molecule has 2 heterocycles. The molecule has 0 radical (unpaired) electrons. The molecule has 1 atom stereocenters. The van der Waals surface area contributed by atoms with Gasteiger partial charge in [-0.1, -0.05) is 12.1 Å². The van der Waals surface area contributed by atoms with E-state index in [0.717, 1.165) is 11.0 Å². The van der Waals surface area contributed by atoms with E-state index in [1.165, 1.54) is 17.0 Å². The smallest absolute Gasteiger partial charge is 0.415 e. The summed E-state index contributed by atoms with van der Waals surface area (Å²) in [5.41, 5.74) is 3.04. The number of nitrogens with zero attached hydrogens (tertiary/aromatic N) is 2. The zero-order valence-corrected chi connectivity index (χ0v) is 11.5. The molecule has 0 aliphatic carbocycles. The highest BCUT2D eigenvalue weighted by Gasteiger charge is 2.35. The molecular weight excluding hydrogens is 285 g/mol. The Bertz CT molecular complexity index is 861. The van der Waals surface area contributed by atoms with E-state index in [1.54, 1.807) is 18.5 Å². The first kappa shape index (κ1) is 12.8. The lowest BCUT2D eigenvalue weighted by molar-refractivity contribution is 0.179. The van der Waals surface area contributed by atoms with Gasteiger partial charge in [0, 0.05) is 0 Å². The van der Waals surface area contributed by atoms with Gasteiger partial charge in [0.1, 0.15) is 12.4 Å². The Hall–Kier alpha value is -2.89. The van der Waals surface area contributed by atoms with Gasteiger partial charge >= 0.3 is 6.09 Å². The van der Waals surface area contributed by atoms with Crippen LogP contribution in [0.15, 0.2) is 48.8 Å². The molecule has 1 aliphatic rings. The lowest BCUT2D eigenvalue weighted by Crippen LogP contribution is -2.27. The number of aromatic nitrogens is 2. The van der Waals surface area contributed by atoms with E-state index >= 15 is 0 Å². The molecule has 1 unspecified atom stereocenters. The number of anilines is 1.